The highest BCUT2D eigenvalue weighted by Crippen LogP contribution is 2.26. The second-order valence-electron chi connectivity index (χ2n) is 1.69. The number of hydrogen-bond donors (Lipinski definition) is 0. The van der Waals surface area contributed by atoms with Gasteiger partial charge < -0.3 is 0 Å². The Hall–Kier alpha value is -0.590. The van der Waals surface area contributed by atoms with Crippen molar-refractivity contribution in [3.8, 4) is 6.07 Å². The third-order valence-electron chi connectivity index (χ3n) is 1.01. The molecule has 1 aromatic rings. The fourth-order valence-electron chi connectivity index (χ4n) is 0.532. The van der Waals surface area contributed by atoms with Gasteiger partial charge in [0.1, 0.15) is 0 Å². The average Bonchev–Trinajstić information content (AvgIpc) is 2.34. The average molecular weight is 214 g/mol. The molecule has 0 aliphatic rings. The van der Waals surface area contributed by atoms with Gasteiger partial charge >= 0.3 is 0 Å². The quantitative estimate of drug-likeness (QED) is 0.659. The van der Waals surface area contributed by atoms with Gasteiger partial charge in [-0.25, -0.2) is 0 Å². The molecule has 0 saturated carbocycles. The number of allylic oxidation sites excluding steroid dienone is 1. The van der Waals surface area contributed by atoms with Gasteiger partial charge in [0, 0.05) is 4.88 Å². The van der Waals surface area contributed by atoms with Crippen LogP contribution < -0.4 is 0 Å². The highest BCUT2D eigenvalue weighted by molar-refractivity contribution is 9.11. The lowest BCUT2D eigenvalue weighted by Gasteiger charge is -1.84. The zero-order valence-corrected chi connectivity index (χ0v) is 7.50. The molecular formula is C7H4BrNS. The van der Waals surface area contributed by atoms with E-state index in [2.05, 4.69) is 22.5 Å². The van der Waals surface area contributed by atoms with Crippen LogP contribution in [-0.4, -0.2) is 0 Å². The van der Waals surface area contributed by atoms with Gasteiger partial charge in [-0.1, -0.05) is 6.58 Å². The lowest BCUT2D eigenvalue weighted by Crippen LogP contribution is -1.66. The van der Waals surface area contributed by atoms with E-state index in [1.54, 1.807) is 0 Å². The van der Waals surface area contributed by atoms with Crippen LogP contribution in [0, 0.1) is 11.3 Å². The third-order valence-corrected chi connectivity index (χ3v) is 2.69. The van der Waals surface area contributed by atoms with E-state index < -0.39 is 0 Å². The second kappa shape index (κ2) is 3.00. The number of halogens is 1. The Morgan fingerprint density at radius 1 is 1.70 bits per heavy atom. The first kappa shape index (κ1) is 7.52. The fraction of sp³-hybridized carbons (Fsp3) is 0. The Kier molecular flexibility index (Phi) is 2.25. The number of nitriles is 1. The first-order valence-electron chi connectivity index (χ1n) is 2.59. The molecule has 0 spiro atoms. The summed E-state index contributed by atoms with van der Waals surface area (Å²) in [5.74, 6) is 0. The summed E-state index contributed by atoms with van der Waals surface area (Å²) in [5.41, 5.74) is 0.524. The molecule has 0 radical (unpaired) electrons. The monoisotopic (exact) mass is 213 g/mol. The first-order chi connectivity index (χ1) is 4.74. The van der Waals surface area contributed by atoms with Crippen LogP contribution in [0.15, 0.2) is 22.5 Å². The zero-order chi connectivity index (χ0) is 7.56. The Labute approximate surface area is 71.7 Å². The lowest BCUT2D eigenvalue weighted by atomic mass is 10.3. The van der Waals surface area contributed by atoms with E-state index in [9.17, 15) is 0 Å². The minimum absolute atomic E-state index is 0.524. The van der Waals surface area contributed by atoms with Crippen molar-refractivity contribution in [2.24, 2.45) is 0 Å². The third kappa shape index (κ3) is 1.47. The zero-order valence-electron chi connectivity index (χ0n) is 5.10. The van der Waals surface area contributed by atoms with E-state index in [4.69, 9.17) is 5.26 Å². The summed E-state index contributed by atoms with van der Waals surface area (Å²) in [6, 6.07) is 5.77. The molecule has 0 aliphatic heterocycles. The molecule has 1 rings (SSSR count). The molecule has 0 fully saturated rings. The molecular weight excluding hydrogens is 210 g/mol. The first-order valence-corrected chi connectivity index (χ1v) is 4.19. The van der Waals surface area contributed by atoms with E-state index in [1.165, 1.54) is 11.3 Å². The molecule has 0 atom stereocenters. The molecule has 10 heavy (non-hydrogen) atoms. The summed E-state index contributed by atoms with van der Waals surface area (Å²) in [5, 5.41) is 8.44. The second-order valence-corrected chi connectivity index (χ2v) is 4.16. The van der Waals surface area contributed by atoms with E-state index in [-0.39, 0.29) is 0 Å². The molecule has 3 heteroatoms. The van der Waals surface area contributed by atoms with Crippen molar-refractivity contribution in [1.29, 1.82) is 5.26 Å². The molecule has 1 nitrogen and oxygen atoms in total. The van der Waals surface area contributed by atoms with Crippen LogP contribution >= 0.6 is 27.3 Å². The van der Waals surface area contributed by atoms with Gasteiger partial charge in [-0.05, 0) is 28.1 Å². The summed E-state index contributed by atoms with van der Waals surface area (Å²) in [4.78, 5) is 0.925. The molecule has 0 bridgehead atoms. The summed E-state index contributed by atoms with van der Waals surface area (Å²) in [6.07, 6.45) is 0. The van der Waals surface area contributed by atoms with E-state index in [0.717, 1.165) is 8.66 Å². The van der Waals surface area contributed by atoms with Crippen LogP contribution in [0.1, 0.15) is 4.88 Å². The van der Waals surface area contributed by atoms with Gasteiger partial charge in [0.05, 0.1) is 15.4 Å². The highest BCUT2D eigenvalue weighted by atomic mass is 79.9. The Morgan fingerprint density at radius 2 is 2.40 bits per heavy atom. The smallest absolute Gasteiger partial charge is 0.1000 e. The largest absolute Gasteiger partial charge is 0.192 e. The van der Waals surface area contributed by atoms with Gasteiger partial charge in [0.15, 0.2) is 0 Å². The van der Waals surface area contributed by atoms with Crippen LogP contribution in [0.5, 0.6) is 0 Å². The molecule has 0 unspecified atom stereocenters. The normalized spacial score (nSPS) is 8.80. The molecule has 50 valence electrons. The molecule has 1 aromatic heterocycles. The van der Waals surface area contributed by atoms with Crippen molar-refractivity contribution in [3.63, 3.8) is 0 Å². The maximum absolute atomic E-state index is 8.44. The van der Waals surface area contributed by atoms with E-state index in [1.807, 2.05) is 18.2 Å². The van der Waals surface area contributed by atoms with Crippen molar-refractivity contribution in [3.05, 3.63) is 27.4 Å². The molecule has 0 saturated heterocycles. The summed E-state index contributed by atoms with van der Waals surface area (Å²) >= 11 is 4.81. The summed E-state index contributed by atoms with van der Waals surface area (Å²) in [7, 11) is 0. The van der Waals surface area contributed by atoms with Crippen molar-refractivity contribution in [1.82, 2.24) is 0 Å². The van der Waals surface area contributed by atoms with Gasteiger partial charge in [-0.2, -0.15) is 5.26 Å². The number of rotatable bonds is 1. The lowest BCUT2D eigenvalue weighted by molar-refractivity contribution is 1.54. The highest BCUT2D eigenvalue weighted by Gasteiger charge is 1.99. The topological polar surface area (TPSA) is 23.8 Å². The Balaban J connectivity index is 2.98. The summed E-state index contributed by atoms with van der Waals surface area (Å²) < 4.78 is 1.03. The van der Waals surface area contributed by atoms with E-state index >= 15 is 0 Å². The van der Waals surface area contributed by atoms with Crippen LogP contribution in [-0.2, 0) is 0 Å². The number of nitrogens with zero attached hydrogens (tertiary/aromatic N) is 1. The van der Waals surface area contributed by atoms with Crippen molar-refractivity contribution in [2.75, 3.05) is 0 Å². The van der Waals surface area contributed by atoms with Crippen molar-refractivity contribution < 1.29 is 0 Å². The number of hydrogen-bond acceptors (Lipinski definition) is 2. The van der Waals surface area contributed by atoms with Crippen LogP contribution in [0.25, 0.3) is 5.57 Å². The minimum Gasteiger partial charge on any atom is -0.192 e. The predicted octanol–water partition coefficient (Wildman–Crippen LogP) is 3.05. The fourth-order valence-corrected chi connectivity index (χ4v) is 1.84. The van der Waals surface area contributed by atoms with Gasteiger partial charge in [-0.3, -0.25) is 0 Å². The van der Waals surface area contributed by atoms with Crippen molar-refractivity contribution in [2.45, 2.75) is 0 Å². The van der Waals surface area contributed by atoms with Crippen molar-refractivity contribution >= 4 is 32.8 Å². The maximum atomic E-state index is 8.44. The SMILES string of the molecule is C=C(C#N)c1ccc(Br)s1. The summed E-state index contributed by atoms with van der Waals surface area (Å²) in [6.45, 7) is 3.59. The molecule has 0 aliphatic carbocycles. The van der Waals surface area contributed by atoms with Crippen LogP contribution in [0.2, 0.25) is 0 Å². The maximum Gasteiger partial charge on any atom is 0.1000 e. The van der Waals surface area contributed by atoms with Crippen LogP contribution in [0.3, 0.4) is 0 Å². The molecule has 0 N–H and O–H groups in total. The Bertz CT molecular complexity index is 295. The predicted molar refractivity (Wildman–Crippen MR) is 46.7 cm³/mol. The number of thiophene rings is 1. The van der Waals surface area contributed by atoms with Gasteiger partial charge in [-0.15, -0.1) is 11.3 Å². The molecule has 0 amide bonds. The standard InChI is InChI=1S/C7H4BrNS/c1-5(4-9)6-2-3-7(8)10-6/h2-3H,1H2. The molecule has 1 heterocycles. The Morgan fingerprint density at radius 3 is 2.80 bits per heavy atom. The minimum atomic E-state index is 0.524. The molecule has 0 aromatic carbocycles. The van der Waals surface area contributed by atoms with Gasteiger partial charge in [0.25, 0.3) is 0 Å². The van der Waals surface area contributed by atoms with Crippen LogP contribution in [0.4, 0.5) is 0 Å². The van der Waals surface area contributed by atoms with E-state index in [0.29, 0.717) is 5.57 Å². The van der Waals surface area contributed by atoms with Gasteiger partial charge in [0.2, 0.25) is 0 Å².